The minimum atomic E-state index is -4.70. The third-order valence-corrected chi connectivity index (χ3v) is 7.99. The lowest BCUT2D eigenvalue weighted by atomic mass is 10.0. The zero-order valence-electron chi connectivity index (χ0n) is 23.0. The molecule has 0 saturated carbocycles. The van der Waals surface area contributed by atoms with Crippen LogP contribution in [0.4, 0.5) is 26.7 Å². The Morgan fingerprint density at radius 3 is 2.31 bits per heavy atom. The van der Waals surface area contributed by atoms with Gasteiger partial charge in [-0.3, -0.25) is 4.79 Å². The maximum atomic E-state index is 13.7. The van der Waals surface area contributed by atoms with Crippen LogP contribution in [-0.2, 0) is 38.5 Å². The van der Waals surface area contributed by atoms with Gasteiger partial charge in [-0.2, -0.15) is 13.2 Å². The second-order valence-electron chi connectivity index (χ2n) is 9.79. The van der Waals surface area contributed by atoms with E-state index >= 15 is 0 Å². The monoisotopic (exact) mass is 623 g/mol. The summed E-state index contributed by atoms with van der Waals surface area (Å²) in [7, 11) is -2.91. The first-order valence-electron chi connectivity index (χ1n) is 12.9. The number of ether oxygens (including phenoxy) is 1. The second-order valence-corrected chi connectivity index (χ2v) is 12.0. The van der Waals surface area contributed by atoms with Gasteiger partial charge in [-0.25, -0.2) is 22.0 Å². The van der Waals surface area contributed by atoms with Gasteiger partial charge in [-0.15, -0.1) is 0 Å². The van der Waals surface area contributed by atoms with Crippen LogP contribution in [0, 0.1) is 11.6 Å². The molecule has 2 aromatic carbocycles. The standard InChI is InChI=1S/C27H34F5N3O6S/c1-3-4-8-42(39,40)16-23(34-26(38)41-2)25(37)35(14-17-6-5-7-19(9-17)27(30,31)32)15-24(36)22(33)12-18-10-20(28)13-21(29)11-18/h5-7,9-11,13,22-24,36H,3-4,8,12,14-16,33H2,1-2H3,(H,34,38)/t22-,23+,24+/m0/s1. The number of hydrogen-bond acceptors (Lipinski definition) is 7. The maximum Gasteiger partial charge on any atom is 0.416 e. The van der Waals surface area contributed by atoms with Crippen molar-refractivity contribution in [3.63, 3.8) is 0 Å². The predicted octanol–water partition coefficient (Wildman–Crippen LogP) is 3.18. The van der Waals surface area contributed by atoms with Gasteiger partial charge in [0.15, 0.2) is 9.84 Å². The Morgan fingerprint density at radius 1 is 1.10 bits per heavy atom. The number of sulfone groups is 1. The van der Waals surface area contributed by atoms with Crippen LogP contribution >= 0.6 is 0 Å². The van der Waals surface area contributed by atoms with Crippen molar-refractivity contribution in [3.8, 4) is 0 Å². The van der Waals surface area contributed by atoms with E-state index in [1.807, 2.05) is 0 Å². The number of carbonyl (C=O) groups excluding carboxylic acids is 2. The minimum absolute atomic E-state index is 0.0168. The quantitative estimate of drug-likeness (QED) is 0.275. The van der Waals surface area contributed by atoms with E-state index in [-0.39, 0.29) is 29.7 Å². The number of halogens is 5. The van der Waals surface area contributed by atoms with Gasteiger partial charge in [0.25, 0.3) is 0 Å². The Morgan fingerprint density at radius 2 is 1.74 bits per heavy atom. The van der Waals surface area contributed by atoms with E-state index < -0.39 is 82.2 Å². The summed E-state index contributed by atoms with van der Waals surface area (Å²) in [5.74, 6) is -3.93. The molecule has 4 N–H and O–H groups in total. The van der Waals surface area contributed by atoms with Crippen molar-refractivity contribution in [2.75, 3.05) is 25.2 Å². The molecule has 0 aliphatic carbocycles. The number of rotatable bonds is 14. The van der Waals surface area contributed by atoms with Gasteiger partial charge in [-0.1, -0.05) is 25.5 Å². The van der Waals surface area contributed by atoms with E-state index in [9.17, 15) is 45.1 Å². The number of aliphatic hydroxyl groups excluding tert-OH is 1. The Bertz CT molecular complexity index is 1310. The normalized spacial score (nSPS) is 14.1. The van der Waals surface area contributed by atoms with Gasteiger partial charge < -0.3 is 25.8 Å². The molecule has 0 saturated heterocycles. The van der Waals surface area contributed by atoms with Crippen molar-refractivity contribution in [2.45, 2.75) is 57.1 Å². The number of nitrogens with zero attached hydrogens (tertiary/aromatic N) is 1. The summed E-state index contributed by atoms with van der Waals surface area (Å²) in [6, 6.07) is 3.72. The number of hydrogen-bond donors (Lipinski definition) is 3. The minimum Gasteiger partial charge on any atom is -0.453 e. The zero-order valence-corrected chi connectivity index (χ0v) is 23.9. The van der Waals surface area contributed by atoms with E-state index in [0.29, 0.717) is 12.5 Å². The van der Waals surface area contributed by atoms with E-state index in [4.69, 9.17) is 5.73 Å². The number of alkyl carbamates (subject to hydrolysis) is 1. The molecular weight excluding hydrogens is 589 g/mol. The number of unbranched alkanes of at least 4 members (excludes halogenated alkanes) is 1. The van der Waals surface area contributed by atoms with Gasteiger partial charge in [-0.05, 0) is 48.2 Å². The maximum absolute atomic E-state index is 13.7. The third kappa shape index (κ3) is 11.2. The van der Waals surface area contributed by atoms with Gasteiger partial charge in [0.05, 0.1) is 30.3 Å². The van der Waals surface area contributed by atoms with Gasteiger partial charge in [0.1, 0.15) is 17.7 Å². The fourth-order valence-corrected chi connectivity index (χ4v) is 5.72. The van der Waals surface area contributed by atoms with Crippen LogP contribution in [0.3, 0.4) is 0 Å². The number of benzene rings is 2. The molecule has 3 atom stereocenters. The van der Waals surface area contributed by atoms with Gasteiger partial charge in [0.2, 0.25) is 5.91 Å². The Kier molecular flexibility index (Phi) is 12.7. The second kappa shape index (κ2) is 15.3. The Hall–Kier alpha value is -3.30. The van der Waals surface area contributed by atoms with Crippen LogP contribution in [0.2, 0.25) is 0 Å². The summed E-state index contributed by atoms with van der Waals surface area (Å²) >= 11 is 0. The molecule has 2 amide bonds. The van der Waals surface area contributed by atoms with Gasteiger partial charge in [0, 0.05) is 25.2 Å². The van der Waals surface area contributed by atoms with E-state index in [2.05, 4.69) is 10.1 Å². The van der Waals surface area contributed by atoms with Crippen molar-refractivity contribution in [2.24, 2.45) is 5.73 Å². The van der Waals surface area contributed by atoms with Crippen molar-refractivity contribution in [1.29, 1.82) is 0 Å². The van der Waals surface area contributed by atoms with Crippen LogP contribution < -0.4 is 11.1 Å². The molecule has 234 valence electrons. The van der Waals surface area contributed by atoms with E-state index in [0.717, 1.165) is 42.3 Å². The third-order valence-electron chi connectivity index (χ3n) is 6.24. The number of amides is 2. The lowest BCUT2D eigenvalue weighted by Crippen LogP contribution is -2.54. The van der Waals surface area contributed by atoms with Crippen LogP contribution in [0.25, 0.3) is 0 Å². The molecule has 0 aliphatic rings. The van der Waals surface area contributed by atoms with Crippen LogP contribution in [0.1, 0.15) is 36.5 Å². The van der Waals surface area contributed by atoms with E-state index in [1.54, 1.807) is 6.92 Å². The zero-order chi connectivity index (χ0) is 31.7. The van der Waals surface area contributed by atoms with Crippen LogP contribution in [0.5, 0.6) is 0 Å². The molecule has 15 heteroatoms. The van der Waals surface area contributed by atoms with Crippen LogP contribution in [-0.4, -0.2) is 73.8 Å². The average molecular weight is 624 g/mol. The molecule has 2 aromatic rings. The molecule has 0 radical (unpaired) electrons. The molecule has 0 aliphatic heterocycles. The highest BCUT2D eigenvalue weighted by Gasteiger charge is 2.34. The summed E-state index contributed by atoms with van der Waals surface area (Å²) in [6.45, 7) is 0.600. The Balaban J connectivity index is 2.42. The first-order chi connectivity index (χ1) is 19.5. The summed E-state index contributed by atoms with van der Waals surface area (Å²) in [4.78, 5) is 26.5. The molecule has 0 bridgehead atoms. The average Bonchev–Trinajstić information content (AvgIpc) is 2.89. The Labute approximate surface area is 240 Å². The molecule has 0 heterocycles. The topological polar surface area (TPSA) is 139 Å². The molecule has 0 unspecified atom stereocenters. The number of nitrogens with one attached hydrogen (secondary N) is 1. The smallest absolute Gasteiger partial charge is 0.416 e. The number of methoxy groups -OCH3 is 1. The van der Waals surface area contributed by atoms with Crippen molar-refractivity contribution in [3.05, 3.63) is 70.8 Å². The lowest BCUT2D eigenvalue weighted by molar-refractivity contribution is -0.137. The SMILES string of the molecule is CCCCS(=O)(=O)C[C@@H](NC(=O)OC)C(=O)N(Cc1cccc(C(F)(F)F)c1)C[C@@H](O)[C@@H](N)Cc1cc(F)cc(F)c1. The van der Waals surface area contributed by atoms with Crippen LogP contribution in [0.15, 0.2) is 42.5 Å². The molecule has 9 nitrogen and oxygen atoms in total. The van der Waals surface area contributed by atoms with Crippen molar-refractivity contribution in [1.82, 2.24) is 10.2 Å². The summed E-state index contributed by atoms with van der Waals surface area (Å²) in [5.41, 5.74) is 5.11. The molecular formula is C27H34F5N3O6S. The highest BCUT2D eigenvalue weighted by Crippen LogP contribution is 2.30. The summed E-state index contributed by atoms with van der Waals surface area (Å²) in [6.07, 6.45) is -6.84. The fraction of sp³-hybridized carbons (Fsp3) is 0.481. The number of alkyl halides is 3. The first kappa shape index (κ1) is 34.9. The van der Waals surface area contributed by atoms with E-state index in [1.165, 1.54) is 6.07 Å². The molecule has 0 aromatic heterocycles. The molecule has 42 heavy (non-hydrogen) atoms. The van der Waals surface area contributed by atoms with Crippen molar-refractivity contribution < 1.29 is 49.8 Å². The summed E-state index contributed by atoms with van der Waals surface area (Å²) < 4.78 is 97.1. The fourth-order valence-electron chi connectivity index (χ4n) is 4.09. The highest BCUT2D eigenvalue weighted by molar-refractivity contribution is 7.91. The summed E-state index contributed by atoms with van der Waals surface area (Å²) in [5, 5.41) is 13.0. The molecule has 2 rings (SSSR count). The molecule has 0 spiro atoms. The molecule has 0 fully saturated rings. The van der Waals surface area contributed by atoms with Gasteiger partial charge >= 0.3 is 12.3 Å². The highest BCUT2D eigenvalue weighted by atomic mass is 32.2. The lowest BCUT2D eigenvalue weighted by Gasteiger charge is -2.31. The first-order valence-corrected chi connectivity index (χ1v) is 14.7. The number of aliphatic hydroxyl groups is 1. The number of nitrogens with two attached hydrogens (primary N) is 1. The predicted molar refractivity (Wildman–Crippen MR) is 144 cm³/mol. The van der Waals surface area contributed by atoms with Crippen molar-refractivity contribution >= 4 is 21.8 Å². The largest absolute Gasteiger partial charge is 0.453 e. The number of carbonyl (C=O) groups is 2.